The van der Waals surface area contributed by atoms with Gasteiger partial charge in [-0.2, -0.15) is 4.31 Å². The number of hydrogen-bond donors (Lipinski definition) is 0. The Bertz CT molecular complexity index is 725. The summed E-state index contributed by atoms with van der Waals surface area (Å²) in [4.78, 5) is 16.9. The maximum absolute atomic E-state index is 12.7. The monoisotopic (exact) mass is 379 g/mol. The molecule has 2 saturated heterocycles. The van der Waals surface area contributed by atoms with E-state index in [2.05, 4.69) is 11.8 Å². The smallest absolute Gasteiger partial charge is 0.243 e. The van der Waals surface area contributed by atoms with Gasteiger partial charge in [0.15, 0.2) is 0 Å². The zero-order valence-corrected chi connectivity index (χ0v) is 16.5. The highest BCUT2D eigenvalue weighted by atomic mass is 32.2. The molecule has 0 saturated carbocycles. The summed E-state index contributed by atoms with van der Waals surface area (Å²) in [6.45, 7) is 8.23. The van der Waals surface area contributed by atoms with E-state index in [1.807, 2.05) is 19.1 Å². The van der Waals surface area contributed by atoms with Crippen LogP contribution < -0.4 is 0 Å². The van der Waals surface area contributed by atoms with Gasteiger partial charge in [0.25, 0.3) is 0 Å². The van der Waals surface area contributed by atoms with Crippen LogP contribution in [-0.4, -0.2) is 74.2 Å². The molecular weight excluding hydrogens is 350 g/mol. The molecule has 3 rings (SSSR count). The van der Waals surface area contributed by atoms with E-state index in [0.717, 1.165) is 25.1 Å². The molecule has 2 aliphatic heterocycles. The molecule has 0 unspecified atom stereocenters. The number of piperidine rings is 1. The van der Waals surface area contributed by atoms with E-state index in [0.29, 0.717) is 43.5 Å². The molecule has 2 aliphatic rings. The third kappa shape index (κ3) is 4.45. The quantitative estimate of drug-likeness (QED) is 0.797. The number of likely N-dealkylation sites (tertiary alicyclic amines) is 1. The molecule has 6 nitrogen and oxygen atoms in total. The number of benzene rings is 1. The minimum atomic E-state index is -3.48. The molecular formula is C19H29N3O3S. The molecule has 0 N–H and O–H groups in total. The van der Waals surface area contributed by atoms with E-state index in [1.54, 1.807) is 17.0 Å². The molecule has 0 spiro atoms. The third-order valence-electron chi connectivity index (χ3n) is 5.35. The first-order chi connectivity index (χ1) is 12.4. The van der Waals surface area contributed by atoms with Crippen LogP contribution in [0.1, 0.15) is 25.3 Å². The number of rotatable bonds is 4. The third-order valence-corrected chi connectivity index (χ3v) is 7.26. The molecule has 7 heteroatoms. The van der Waals surface area contributed by atoms with Crippen molar-refractivity contribution < 1.29 is 13.2 Å². The van der Waals surface area contributed by atoms with Crippen LogP contribution in [0.15, 0.2) is 29.2 Å². The summed E-state index contributed by atoms with van der Waals surface area (Å²) in [5.74, 6) is 0.763. The summed E-state index contributed by atoms with van der Waals surface area (Å²) >= 11 is 0. The lowest BCUT2D eigenvalue weighted by Gasteiger charge is -2.36. The number of hydrogen-bond acceptors (Lipinski definition) is 4. The highest BCUT2D eigenvalue weighted by molar-refractivity contribution is 7.89. The molecule has 2 fully saturated rings. The van der Waals surface area contributed by atoms with Gasteiger partial charge in [0.1, 0.15) is 0 Å². The molecule has 2 heterocycles. The van der Waals surface area contributed by atoms with Gasteiger partial charge in [-0.25, -0.2) is 8.42 Å². The molecule has 1 aromatic carbocycles. The van der Waals surface area contributed by atoms with Crippen LogP contribution in [0.25, 0.3) is 0 Å². The molecule has 0 bridgehead atoms. The predicted octanol–water partition coefficient (Wildman–Crippen LogP) is 1.56. The molecule has 144 valence electrons. The summed E-state index contributed by atoms with van der Waals surface area (Å²) in [6.07, 6.45) is 2.39. The van der Waals surface area contributed by atoms with Gasteiger partial charge in [-0.3, -0.25) is 9.69 Å². The Hall–Kier alpha value is -1.44. The highest BCUT2D eigenvalue weighted by Gasteiger charge is 2.30. The average Bonchev–Trinajstić information content (AvgIpc) is 2.62. The lowest BCUT2D eigenvalue weighted by Crippen LogP contribution is -2.53. The van der Waals surface area contributed by atoms with E-state index in [1.165, 1.54) is 10.7 Å². The zero-order chi connectivity index (χ0) is 18.7. The van der Waals surface area contributed by atoms with Gasteiger partial charge in [-0.05, 0) is 44.4 Å². The number of carbonyl (C=O) groups excluding carboxylic acids is 1. The molecule has 1 amide bonds. The van der Waals surface area contributed by atoms with Crippen LogP contribution >= 0.6 is 0 Å². The summed E-state index contributed by atoms with van der Waals surface area (Å²) in [7, 11) is -3.48. The zero-order valence-electron chi connectivity index (χ0n) is 15.7. The summed E-state index contributed by atoms with van der Waals surface area (Å²) in [6, 6.07) is 6.93. The number of amides is 1. The molecule has 1 atom stereocenters. The second-order valence-electron chi connectivity index (χ2n) is 7.58. The standard InChI is InChI=1S/C19H29N3O3S/c1-16-5-7-18(8-6-16)26(24,25)22-12-10-21(11-13-22)19(23)15-20-9-3-4-17(2)14-20/h5-8,17H,3-4,9-15H2,1-2H3/t17-/m1/s1. The van der Waals surface area contributed by atoms with Crippen molar-refractivity contribution in [2.45, 2.75) is 31.6 Å². The Morgan fingerprint density at radius 1 is 1.08 bits per heavy atom. The number of sulfonamides is 1. The Kier molecular flexibility index (Phi) is 5.99. The number of piperazine rings is 1. The summed E-state index contributed by atoms with van der Waals surface area (Å²) in [5, 5.41) is 0. The van der Waals surface area contributed by atoms with Crippen LogP contribution in [0.5, 0.6) is 0 Å². The van der Waals surface area contributed by atoms with Crippen LogP contribution in [-0.2, 0) is 14.8 Å². The molecule has 0 aliphatic carbocycles. The van der Waals surface area contributed by atoms with Gasteiger partial charge in [-0.15, -0.1) is 0 Å². The van der Waals surface area contributed by atoms with Crippen molar-refractivity contribution >= 4 is 15.9 Å². The largest absolute Gasteiger partial charge is 0.339 e. The summed E-state index contributed by atoms with van der Waals surface area (Å²) < 4.78 is 27.0. The molecule has 1 aromatic rings. The van der Waals surface area contributed by atoms with Crippen molar-refractivity contribution in [3.05, 3.63) is 29.8 Å². The molecule has 0 aromatic heterocycles. The van der Waals surface area contributed by atoms with Gasteiger partial charge in [0, 0.05) is 32.7 Å². The number of carbonyl (C=O) groups is 1. The van der Waals surface area contributed by atoms with E-state index >= 15 is 0 Å². The first-order valence-electron chi connectivity index (χ1n) is 9.43. The fourth-order valence-electron chi connectivity index (χ4n) is 3.76. The Morgan fingerprint density at radius 2 is 1.73 bits per heavy atom. The normalized spacial score (nSPS) is 23.2. The van der Waals surface area contributed by atoms with Gasteiger partial charge in [0.2, 0.25) is 15.9 Å². The van der Waals surface area contributed by atoms with E-state index in [4.69, 9.17) is 0 Å². The van der Waals surface area contributed by atoms with Crippen LogP contribution in [0.3, 0.4) is 0 Å². The first kappa shape index (κ1) is 19.3. The van der Waals surface area contributed by atoms with Gasteiger partial charge in [-0.1, -0.05) is 24.6 Å². The Morgan fingerprint density at radius 3 is 2.35 bits per heavy atom. The maximum atomic E-state index is 12.7. The lowest BCUT2D eigenvalue weighted by molar-refractivity contribution is -0.134. The fraction of sp³-hybridized carbons (Fsp3) is 0.632. The van der Waals surface area contributed by atoms with Crippen molar-refractivity contribution in [2.75, 3.05) is 45.8 Å². The van der Waals surface area contributed by atoms with Crippen molar-refractivity contribution in [1.29, 1.82) is 0 Å². The van der Waals surface area contributed by atoms with Gasteiger partial charge in [0.05, 0.1) is 11.4 Å². The minimum absolute atomic E-state index is 0.117. The maximum Gasteiger partial charge on any atom is 0.243 e. The molecule has 0 radical (unpaired) electrons. The van der Waals surface area contributed by atoms with Crippen molar-refractivity contribution in [2.24, 2.45) is 5.92 Å². The van der Waals surface area contributed by atoms with Crippen molar-refractivity contribution in [3.8, 4) is 0 Å². The van der Waals surface area contributed by atoms with Crippen molar-refractivity contribution in [1.82, 2.24) is 14.1 Å². The first-order valence-corrected chi connectivity index (χ1v) is 10.9. The van der Waals surface area contributed by atoms with Crippen LogP contribution in [0.2, 0.25) is 0 Å². The number of aryl methyl sites for hydroxylation is 1. The van der Waals surface area contributed by atoms with Gasteiger partial charge >= 0.3 is 0 Å². The average molecular weight is 380 g/mol. The lowest BCUT2D eigenvalue weighted by atomic mass is 10.0. The van der Waals surface area contributed by atoms with E-state index in [9.17, 15) is 13.2 Å². The van der Waals surface area contributed by atoms with Crippen LogP contribution in [0, 0.1) is 12.8 Å². The predicted molar refractivity (Wildman–Crippen MR) is 101 cm³/mol. The second-order valence-corrected chi connectivity index (χ2v) is 9.52. The van der Waals surface area contributed by atoms with Crippen LogP contribution in [0.4, 0.5) is 0 Å². The SMILES string of the molecule is Cc1ccc(S(=O)(=O)N2CCN(C(=O)CN3CCC[C@@H](C)C3)CC2)cc1. The second kappa shape index (κ2) is 8.06. The minimum Gasteiger partial charge on any atom is -0.339 e. The fourth-order valence-corrected chi connectivity index (χ4v) is 5.18. The van der Waals surface area contributed by atoms with Gasteiger partial charge < -0.3 is 4.90 Å². The topological polar surface area (TPSA) is 60.9 Å². The molecule has 26 heavy (non-hydrogen) atoms. The van der Waals surface area contributed by atoms with E-state index < -0.39 is 10.0 Å². The highest BCUT2D eigenvalue weighted by Crippen LogP contribution is 2.19. The van der Waals surface area contributed by atoms with E-state index in [-0.39, 0.29) is 5.91 Å². The van der Waals surface area contributed by atoms with Crippen molar-refractivity contribution in [3.63, 3.8) is 0 Å². The summed E-state index contributed by atoms with van der Waals surface area (Å²) in [5.41, 5.74) is 1.03. The number of nitrogens with zero attached hydrogens (tertiary/aromatic N) is 3. The Balaban J connectivity index is 1.55. The Labute approximate surface area is 156 Å².